The third-order valence-electron chi connectivity index (χ3n) is 1.56. The van der Waals surface area contributed by atoms with Gasteiger partial charge in [-0.2, -0.15) is 0 Å². The van der Waals surface area contributed by atoms with E-state index >= 15 is 0 Å². The maximum atomic E-state index is 11.1. The molecule has 0 spiro atoms. The molecular weight excluding hydrogens is 252 g/mol. The molecule has 0 aliphatic carbocycles. The highest BCUT2D eigenvalue weighted by atomic mass is 79.9. The Labute approximate surface area is 90.0 Å². The molecule has 0 fully saturated rings. The number of esters is 1. The van der Waals surface area contributed by atoms with Crippen LogP contribution < -0.4 is 0 Å². The van der Waals surface area contributed by atoms with E-state index in [4.69, 9.17) is 0 Å². The van der Waals surface area contributed by atoms with E-state index in [-0.39, 0.29) is 5.97 Å². The molecule has 1 aromatic heterocycles. The average molecular weight is 263 g/mol. The number of hydrogen-bond acceptors (Lipinski definition) is 3. The van der Waals surface area contributed by atoms with Gasteiger partial charge >= 0.3 is 5.97 Å². The molecule has 0 aliphatic heterocycles. The number of halogens is 1. The molecule has 0 N–H and O–H groups in total. The molecule has 0 radical (unpaired) electrons. The molecule has 0 aliphatic rings. The molecule has 72 valence electrons. The van der Waals surface area contributed by atoms with Crippen molar-refractivity contribution in [2.75, 3.05) is 7.11 Å². The van der Waals surface area contributed by atoms with Crippen molar-refractivity contribution in [2.45, 2.75) is 18.2 Å². The Hall–Kier alpha value is -0.350. The van der Waals surface area contributed by atoms with Crippen molar-refractivity contribution in [2.24, 2.45) is 0 Å². The van der Waals surface area contributed by atoms with Crippen LogP contribution in [0.15, 0.2) is 11.4 Å². The highest BCUT2D eigenvalue weighted by Crippen LogP contribution is 2.19. The maximum absolute atomic E-state index is 11.1. The van der Waals surface area contributed by atoms with Crippen molar-refractivity contribution in [3.05, 3.63) is 21.9 Å². The van der Waals surface area contributed by atoms with Gasteiger partial charge in [0, 0.05) is 15.1 Å². The Kier molecular flexibility index (Phi) is 3.93. The molecule has 1 heterocycles. The number of thiophene rings is 1. The number of methoxy groups -OCH3 is 1. The minimum Gasteiger partial charge on any atom is -0.465 e. The third-order valence-corrected chi connectivity index (χ3v) is 2.84. The standard InChI is InChI=1S/C9H11BrO2S/c1-6(10)3-8-4-7(5-13-8)9(11)12-2/h4-6H,3H2,1-2H3. The molecule has 13 heavy (non-hydrogen) atoms. The summed E-state index contributed by atoms with van der Waals surface area (Å²) in [6.07, 6.45) is 0.946. The molecule has 0 amide bonds. The van der Waals surface area contributed by atoms with Crippen LogP contribution in [-0.2, 0) is 11.2 Å². The minimum atomic E-state index is -0.260. The zero-order valence-corrected chi connectivity index (χ0v) is 9.94. The van der Waals surface area contributed by atoms with E-state index in [2.05, 4.69) is 27.6 Å². The van der Waals surface area contributed by atoms with Crippen molar-refractivity contribution in [3.63, 3.8) is 0 Å². The van der Waals surface area contributed by atoms with Gasteiger partial charge in [-0.15, -0.1) is 11.3 Å². The van der Waals surface area contributed by atoms with Gasteiger partial charge in [0.05, 0.1) is 12.7 Å². The van der Waals surface area contributed by atoms with Crippen LogP contribution in [0.2, 0.25) is 0 Å². The summed E-state index contributed by atoms with van der Waals surface area (Å²) in [6.45, 7) is 2.08. The summed E-state index contributed by atoms with van der Waals surface area (Å²) in [5, 5.41) is 1.83. The molecule has 0 saturated carbocycles. The van der Waals surface area contributed by atoms with Crippen molar-refractivity contribution < 1.29 is 9.53 Å². The molecular formula is C9H11BrO2S. The van der Waals surface area contributed by atoms with E-state index in [1.54, 1.807) is 11.3 Å². The van der Waals surface area contributed by atoms with Gasteiger partial charge in [0.1, 0.15) is 0 Å². The molecule has 0 bridgehead atoms. The first-order valence-electron chi connectivity index (χ1n) is 3.93. The normalized spacial score (nSPS) is 12.5. The highest BCUT2D eigenvalue weighted by molar-refractivity contribution is 9.09. The van der Waals surface area contributed by atoms with Crippen LogP contribution in [-0.4, -0.2) is 17.9 Å². The van der Waals surface area contributed by atoms with Crippen molar-refractivity contribution in [3.8, 4) is 0 Å². The van der Waals surface area contributed by atoms with Gasteiger partial charge in [0.25, 0.3) is 0 Å². The summed E-state index contributed by atoms with van der Waals surface area (Å²) >= 11 is 5.06. The van der Waals surface area contributed by atoms with Crippen LogP contribution in [0.1, 0.15) is 22.2 Å². The van der Waals surface area contributed by atoms with Crippen molar-refractivity contribution in [1.82, 2.24) is 0 Å². The second kappa shape index (κ2) is 4.77. The summed E-state index contributed by atoms with van der Waals surface area (Å²) in [5.41, 5.74) is 0.649. The van der Waals surface area contributed by atoms with Crippen molar-refractivity contribution >= 4 is 33.2 Å². The quantitative estimate of drug-likeness (QED) is 0.619. The monoisotopic (exact) mass is 262 g/mol. The van der Waals surface area contributed by atoms with E-state index in [9.17, 15) is 4.79 Å². The van der Waals surface area contributed by atoms with Gasteiger partial charge in [-0.25, -0.2) is 4.79 Å². The Morgan fingerprint density at radius 3 is 3.00 bits per heavy atom. The topological polar surface area (TPSA) is 26.3 Å². The van der Waals surface area contributed by atoms with Crippen LogP contribution in [0.25, 0.3) is 0 Å². The smallest absolute Gasteiger partial charge is 0.338 e. The zero-order valence-electron chi connectivity index (χ0n) is 7.54. The third kappa shape index (κ3) is 3.12. The van der Waals surface area contributed by atoms with E-state index in [0.717, 1.165) is 6.42 Å². The van der Waals surface area contributed by atoms with Crippen LogP contribution in [0.3, 0.4) is 0 Å². The molecule has 0 saturated heterocycles. The minimum absolute atomic E-state index is 0.260. The molecule has 1 rings (SSSR count). The Balaban J connectivity index is 2.69. The van der Waals surface area contributed by atoms with Gasteiger partial charge in [-0.3, -0.25) is 0 Å². The number of carbonyl (C=O) groups is 1. The van der Waals surface area contributed by atoms with Crippen LogP contribution in [0.4, 0.5) is 0 Å². The number of carbonyl (C=O) groups excluding carboxylic acids is 1. The number of alkyl halides is 1. The first-order chi connectivity index (χ1) is 6.13. The summed E-state index contributed by atoms with van der Waals surface area (Å²) in [7, 11) is 1.40. The lowest BCUT2D eigenvalue weighted by atomic mass is 10.2. The fourth-order valence-electron chi connectivity index (χ4n) is 0.990. The maximum Gasteiger partial charge on any atom is 0.338 e. The van der Waals surface area contributed by atoms with Gasteiger partial charge in [-0.1, -0.05) is 22.9 Å². The highest BCUT2D eigenvalue weighted by Gasteiger charge is 2.09. The average Bonchev–Trinajstić information content (AvgIpc) is 2.50. The van der Waals surface area contributed by atoms with Crippen LogP contribution in [0.5, 0.6) is 0 Å². The lowest BCUT2D eigenvalue weighted by Crippen LogP contribution is -1.99. The molecule has 2 nitrogen and oxygen atoms in total. The van der Waals surface area contributed by atoms with Crippen LogP contribution in [0, 0.1) is 0 Å². The molecule has 1 atom stereocenters. The summed E-state index contributed by atoms with van der Waals surface area (Å²) in [4.78, 5) is 12.7. The summed E-state index contributed by atoms with van der Waals surface area (Å²) < 4.78 is 4.61. The fraction of sp³-hybridized carbons (Fsp3) is 0.444. The lowest BCUT2D eigenvalue weighted by molar-refractivity contribution is 0.0601. The molecule has 1 aromatic rings. The van der Waals surface area contributed by atoms with E-state index in [1.807, 2.05) is 11.4 Å². The second-order valence-corrected chi connectivity index (χ2v) is 5.34. The second-order valence-electron chi connectivity index (χ2n) is 2.78. The Morgan fingerprint density at radius 1 is 1.77 bits per heavy atom. The Morgan fingerprint density at radius 2 is 2.46 bits per heavy atom. The molecule has 4 heteroatoms. The van der Waals surface area contributed by atoms with Crippen LogP contribution >= 0.6 is 27.3 Å². The first kappa shape index (κ1) is 10.7. The summed E-state index contributed by atoms with van der Waals surface area (Å²) in [6, 6.07) is 1.88. The first-order valence-corrected chi connectivity index (χ1v) is 5.73. The van der Waals surface area contributed by atoms with Gasteiger partial charge < -0.3 is 4.74 Å². The largest absolute Gasteiger partial charge is 0.465 e. The van der Waals surface area contributed by atoms with Gasteiger partial charge in [-0.05, 0) is 12.5 Å². The molecule has 0 aromatic carbocycles. The number of ether oxygens (including phenoxy) is 1. The lowest BCUT2D eigenvalue weighted by Gasteiger charge is -1.97. The Bertz CT molecular complexity index is 294. The SMILES string of the molecule is COC(=O)c1csc(CC(C)Br)c1. The van der Waals surface area contributed by atoms with E-state index < -0.39 is 0 Å². The summed E-state index contributed by atoms with van der Waals surface area (Å²) in [5.74, 6) is -0.260. The van der Waals surface area contributed by atoms with Gasteiger partial charge in [0.15, 0.2) is 0 Å². The number of rotatable bonds is 3. The zero-order chi connectivity index (χ0) is 9.84. The predicted molar refractivity (Wildman–Crippen MR) is 57.8 cm³/mol. The van der Waals surface area contributed by atoms with E-state index in [0.29, 0.717) is 10.4 Å². The van der Waals surface area contributed by atoms with Crippen molar-refractivity contribution in [1.29, 1.82) is 0 Å². The van der Waals surface area contributed by atoms with E-state index in [1.165, 1.54) is 12.0 Å². The fourth-order valence-corrected chi connectivity index (χ4v) is 2.54. The molecule has 1 unspecified atom stereocenters. The predicted octanol–water partition coefficient (Wildman–Crippen LogP) is 2.86. The number of hydrogen-bond donors (Lipinski definition) is 0. The van der Waals surface area contributed by atoms with Gasteiger partial charge in [0.2, 0.25) is 0 Å².